The van der Waals surface area contributed by atoms with E-state index in [1.165, 1.54) is 24.8 Å². The van der Waals surface area contributed by atoms with Crippen molar-refractivity contribution in [1.29, 1.82) is 0 Å². The van der Waals surface area contributed by atoms with Crippen molar-refractivity contribution in [2.75, 3.05) is 0 Å². The van der Waals surface area contributed by atoms with Crippen molar-refractivity contribution in [3.8, 4) is 0 Å². The maximum Gasteiger partial charge on any atom is 0.0700 e. The minimum Gasteiger partial charge on any atom is -0.390 e. The van der Waals surface area contributed by atoms with Crippen LogP contribution < -0.4 is 0 Å². The molecule has 2 atom stereocenters. The van der Waals surface area contributed by atoms with Gasteiger partial charge in [-0.05, 0) is 37.2 Å². The fourth-order valence-corrected chi connectivity index (χ4v) is 4.08. The molecule has 2 heteroatoms. The first-order chi connectivity index (χ1) is 9.58. The molecular formula is C18H27NO. The van der Waals surface area contributed by atoms with E-state index in [0.717, 1.165) is 19.4 Å². The van der Waals surface area contributed by atoms with E-state index < -0.39 is 5.60 Å². The van der Waals surface area contributed by atoms with Gasteiger partial charge in [0.05, 0.1) is 5.60 Å². The second kappa shape index (κ2) is 5.50. The molecule has 0 amide bonds. The number of hydrogen-bond acceptors (Lipinski definition) is 2. The van der Waals surface area contributed by atoms with Gasteiger partial charge in [0.25, 0.3) is 0 Å². The molecule has 0 aliphatic carbocycles. The van der Waals surface area contributed by atoms with Crippen molar-refractivity contribution in [2.24, 2.45) is 5.92 Å². The second-order valence-electron chi connectivity index (χ2n) is 7.06. The summed E-state index contributed by atoms with van der Waals surface area (Å²) in [6.45, 7) is 5.38. The highest BCUT2D eigenvalue weighted by atomic mass is 16.3. The summed E-state index contributed by atoms with van der Waals surface area (Å²) in [5, 5.41) is 10.9. The molecule has 2 bridgehead atoms. The maximum absolute atomic E-state index is 10.9. The zero-order valence-corrected chi connectivity index (χ0v) is 12.8. The van der Waals surface area contributed by atoms with Crippen LogP contribution in [0.3, 0.4) is 0 Å². The maximum atomic E-state index is 10.9. The summed E-state index contributed by atoms with van der Waals surface area (Å²) in [6, 6.07) is 11.9. The highest BCUT2D eigenvalue weighted by Crippen LogP contribution is 2.42. The van der Waals surface area contributed by atoms with Gasteiger partial charge in [0.2, 0.25) is 0 Å². The number of hydrogen-bond donors (Lipinski definition) is 1. The van der Waals surface area contributed by atoms with Crippen molar-refractivity contribution in [3.05, 3.63) is 35.9 Å². The third-order valence-corrected chi connectivity index (χ3v) is 5.47. The van der Waals surface area contributed by atoms with E-state index >= 15 is 0 Å². The van der Waals surface area contributed by atoms with E-state index in [1.807, 2.05) is 0 Å². The Labute approximate surface area is 122 Å². The smallest absolute Gasteiger partial charge is 0.0700 e. The van der Waals surface area contributed by atoms with Crippen LogP contribution in [-0.2, 0) is 6.54 Å². The van der Waals surface area contributed by atoms with Gasteiger partial charge in [-0.3, -0.25) is 4.90 Å². The topological polar surface area (TPSA) is 23.5 Å². The van der Waals surface area contributed by atoms with Crippen LogP contribution in [0.15, 0.2) is 30.3 Å². The molecule has 0 spiro atoms. The number of nitrogens with zero attached hydrogens (tertiary/aromatic N) is 1. The lowest BCUT2D eigenvalue weighted by molar-refractivity contribution is -0.118. The molecule has 2 aliphatic rings. The molecule has 1 aromatic rings. The molecule has 110 valence electrons. The Hall–Kier alpha value is -0.860. The van der Waals surface area contributed by atoms with Gasteiger partial charge < -0.3 is 5.11 Å². The van der Waals surface area contributed by atoms with E-state index in [2.05, 4.69) is 49.1 Å². The minimum absolute atomic E-state index is 0.365. The predicted molar refractivity (Wildman–Crippen MR) is 82.4 cm³/mol. The van der Waals surface area contributed by atoms with E-state index in [9.17, 15) is 5.11 Å². The fraction of sp³-hybridized carbons (Fsp3) is 0.667. The van der Waals surface area contributed by atoms with Crippen LogP contribution >= 0.6 is 0 Å². The number of rotatable bonds is 3. The van der Waals surface area contributed by atoms with Gasteiger partial charge in [-0.2, -0.15) is 0 Å². The van der Waals surface area contributed by atoms with Crippen LogP contribution in [0.4, 0.5) is 0 Å². The summed E-state index contributed by atoms with van der Waals surface area (Å²) < 4.78 is 0. The van der Waals surface area contributed by atoms with E-state index in [4.69, 9.17) is 0 Å². The summed E-state index contributed by atoms with van der Waals surface area (Å²) in [7, 11) is 0. The Morgan fingerprint density at radius 1 is 1.15 bits per heavy atom. The van der Waals surface area contributed by atoms with Gasteiger partial charge >= 0.3 is 0 Å². The van der Waals surface area contributed by atoms with Gasteiger partial charge in [0, 0.05) is 18.6 Å². The molecule has 0 radical (unpaired) electrons. The third-order valence-electron chi connectivity index (χ3n) is 5.47. The Morgan fingerprint density at radius 3 is 2.30 bits per heavy atom. The lowest BCUT2D eigenvalue weighted by Gasteiger charge is -2.53. The van der Waals surface area contributed by atoms with Crippen molar-refractivity contribution < 1.29 is 5.11 Å². The van der Waals surface area contributed by atoms with Crippen LogP contribution in [-0.4, -0.2) is 27.7 Å². The number of aliphatic hydroxyl groups is 1. The summed E-state index contributed by atoms with van der Waals surface area (Å²) in [4.78, 5) is 2.66. The monoisotopic (exact) mass is 273 g/mol. The molecule has 1 aromatic carbocycles. The SMILES string of the molecule is CC(C)C1(O)CC2CCCC(C1)N2Cc1ccccc1. The standard InChI is InChI=1S/C18H27NO/c1-14(2)18(20)11-16-9-6-10-17(12-18)19(16)13-15-7-4-3-5-8-15/h3-5,7-8,14,16-17,20H,6,9-13H2,1-2H3. The van der Waals surface area contributed by atoms with Crippen molar-refractivity contribution in [1.82, 2.24) is 4.90 Å². The first kappa shape index (κ1) is 14.1. The molecular weight excluding hydrogens is 246 g/mol. The lowest BCUT2D eigenvalue weighted by atomic mass is 9.71. The minimum atomic E-state index is -0.442. The Bertz CT molecular complexity index is 428. The Kier molecular flexibility index (Phi) is 3.87. The Balaban J connectivity index is 1.77. The number of benzene rings is 1. The van der Waals surface area contributed by atoms with Crippen LogP contribution in [0.5, 0.6) is 0 Å². The molecule has 20 heavy (non-hydrogen) atoms. The van der Waals surface area contributed by atoms with Gasteiger partial charge in [-0.15, -0.1) is 0 Å². The normalized spacial score (nSPS) is 34.4. The van der Waals surface area contributed by atoms with Gasteiger partial charge in [0.15, 0.2) is 0 Å². The van der Waals surface area contributed by atoms with Crippen molar-refractivity contribution >= 4 is 0 Å². The second-order valence-corrected chi connectivity index (χ2v) is 7.06. The zero-order valence-electron chi connectivity index (χ0n) is 12.8. The van der Waals surface area contributed by atoms with Crippen LogP contribution in [0.25, 0.3) is 0 Å². The van der Waals surface area contributed by atoms with Crippen molar-refractivity contribution in [2.45, 2.75) is 70.2 Å². The average molecular weight is 273 g/mol. The molecule has 1 N–H and O–H groups in total. The largest absolute Gasteiger partial charge is 0.390 e. The third kappa shape index (κ3) is 2.64. The number of piperidine rings is 2. The van der Waals surface area contributed by atoms with Crippen LogP contribution in [0, 0.1) is 5.92 Å². The van der Waals surface area contributed by atoms with Gasteiger partial charge in [0.1, 0.15) is 0 Å². The van der Waals surface area contributed by atoms with Gasteiger partial charge in [-0.1, -0.05) is 50.6 Å². The summed E-state index contributed by atoms with van der Waals surface area (Å²) >= 11 is 0. The van der Waals surface area contributed by atoms with E-state index in [0.29, 0.717) is 18.0 Å². The van der Waals surface area contributed by atoms with Crippen molar-refractivity contribution in [3.63, 3.8) is 0 Å². The molecule has 2 heterocycles. The van der Waals surface area contributed by atoms with Crippen LogP contribution in [0.2, 0.25) is 0 Å². The summed E-state index contributed by atoms with van der Waals surface area (Å²) in [5.41, 5.74) is 0.961. The van der Waals surface area contributed by atoms with E-state index in [-0.39, 0.29) is 0 Å². The first-order valence-corrected chi connectivity index (χ1v) is 8.10. The molecule has 0 saturated carbocycles. The molecule has 2 unspecified atom stereocenters. The highest BCUT2D eigenvalue weighted by Gasteiger charge is 2.46. The zero-order chi connectivity index (χ0) is 14.2. The van der Waals surface area contributed by atoms with E-state index in [1.54, 1.807) is 0 Å². The van der Waals surface area contributed by atoms with Crippen LogP contribution in [0.1, 0.15) is 51.5 Å². The lowest BCUT2D eigenvalue weighted by Crippen LogP contribution is -2.59. The molecule has 0 aromatic heterocycles. The highest BCUT2D eigenvalue weighted by molar-refractivity contribution is 5.15. The fourth-order valence-electron chi connectivity index (χ4n) is 4.08. The molecule has 3 rings (SSSR count). The van der Waals surface area contributed by atoms with Gasteiger partial charge in [-0.25, -0.2) is 0 Å². The summed E-state index contributed by atoms with van der Waals surface area (Å²) in [6.07, 6.45) is 5.73. The molecule has 2 fully saturated rings. The molecule has 2 saturated heterocycles. The quantitative estimate of drug-likeness (QED) is 0.909. The predicted octanol–water partition coefficient (Wildman–Crippen LogP) is 3.59. The number of fused-ring (bicyclic) bond motifs is 2. The first-order valence-electron chi connectivity index (χ1n) is 8.10. The molecule has 2 nitrogen and oxygen atoms in total. The molecule has 2 aliphatic heterocycles. The Morgan fingerprint density at radius 2 is 1.75 bits per heavy atom. The average Bonchev–Trinajstić information content (AvgIpc) is 2.41. The summed E-state index contributed by atoms with van der Waals surface area (Å²) in [5.74, 6) is 0.365.